The van der Waals surface area contributed by atoms with Gasteiger partial charge < -0.3 is 19.5 Å². The number of hydrogen-bond acceptors (Lipinski definition) is 6. The molecule has 162 valence electrons. The van der Waals surface area contributed by atoms with Gasteiger partial charge in [0.25, 0.3) is 5.56 Å². The Bertz CT molecular complexity index is 1090. The molecule has 0 unspecified atom stereocenters. The van der Waals surface area contributed by atoms with E-state index < -0.39 is 0 Å². The van der Waals surface area contributed by atoms with Crippen LogP contribution in [0.4, 0.5) is 5.69 Å². The number of carbonyl (C=O) groups is 1. The van der Waals surface area contributed by atoms with Gasteiger partial charge in [0.1, 0.15) is 17.2 Å². The molecule has 3 rings (SSSR count). The lowest BCUT2D eigenvalue weighted by atomic mass is 10.1. The van der Waals surface area contributed by atoms with Crippen molar-refractivity contribution in [2.75, 3.05) is 26.6 Å². The molecule has 0 aliphatic heterocycles. The van der Waals surface area contributed by atoms with Gasteiger partial charge in [-0.25, -0.2) is 4.68 Å². The van der Waals surface area contributed by atoms with Crippen LogP contribution < -0.4 is 25.1 Å². The molecule has 1 aromatic heterocycles. The molecule has 8 nitrogen and oxygen atoms in total. The van der Waals surface area contributed by atoms with E-state index in [0.717, 1.165) is 11.3 Å². The van der Waals surface area contributed by atoms with Crippen molar-refractivity contribution in [3.05, 3.63) is 65.0 Å². The van der Waals surface area contributed by atoms with E-state index in [9.17, 15) is 9.59 Å². The predicted molar refractivity (Wildman–Crippen MR) is 118 cm³/mol. The maximum Gasteiger partial charge on any atom is 0.270 e. The van der Waals surface area contributed by atoms with Crippen molar-refractivity contribution in [1.29, 1.82) is 0 Å². The predicted octanol–water partition coefficient (Wildman–Crippen LogP) is 3.36. The van der Waals surface area contributed by atoms with E-state index >= 15 is 0 Å². The average molecular weight is 423 g/mol. The van der Waals surface area contributed by atoms with Crippen LogP contribution in [-0.2, 0) is 11.3 Å². The fourth-order valence-electron chi connectivity index (χ4n) is 3.05. The van der Waals surface area contributed by atoms with Gasteiger partial charge in [-0.15, -0.1) is 0 Å². The van der Waals surface area contributed by atoms with Crippen LogP contribution in [0.15, 0.2) is 59.4 Å². The molecule has 8 heteroatoms. The molecule has 0 aliphatic carbocycles. The summed E-state index contributed by atoms with van der Waals surface area (Å²) in [6.45, 7) is 0.303. The number of anilines is 1. The minimum atomic E-state index is -0.290. The van der Waals surface area contributed by atoms with Gasteiger partial charge >= 0.3 is 0 Å². The van der Waals surface area contributed by atoms with Crippen molar-refractivity contribution >= 4 is 11.6 Å². The van der Waals surface area contributed by atoms with Crippen LogP contribution in [0.1, 0.15) is 12.8 Å². The van der Waals surface area contributed by atoms with E-state index in [1.54, 1.807) is 38.5 Å². The van der Waals surface area contributed by atoms with E-state index in [-0.39, 0.29) is 17.9 Å². The monoisotopic (exact) mass is 423 g/mol. The van der Waals surface area contributed by atoms with E-state index in [4.69, 9.17) is 14.2 Å². The van der Waals surface area contributed by atoms with Crippen molar-refractivity contribution in [2.24, 2.45) is 0 Å². The second kappa shape index (κ2) is 10.3. The highest BCUT2D eigenvalue weighted by atomic mass is 16.5. The lowest BCUT2D eigenvalue weighted by Gasteiger charge is -2.12. The highest BCUT2D eigenvalue weighted by Gasteiger charge is 2.13. The lowest BCUT2D eigenvalue weighted by molar-refractivity contribution is -0.116. The summed E-state index contributed by atoms with van der Waals surface area (Å²) in [6, 6.07) is 15.9. The molecule has 0 fully saturated rings. The van der Waals surface area contributed by atoms with Crippen molar-refractivity contribution < 1.29 is 19.0 Å². The quantitative estimate of drug-likeness (QED) is 0.568. The summed E-state index contributed by atoms with van der Waals surface area (Å²) >= 11 is 0. The van der Waals surface area contributed by atoms with Gasteiger partial charge in [-0.2, -0.15) is 5.10 Å². The molecule has 0 bridgehead atoms. The third-order valence-corrected chi connectivity index (χ3v) is 4.67. The Balaban J connectivity index is 1.68. The number of rotatable bonds is 9. The maximum absolute atomic E-state index is 12.4. The summed E-state index contributed by atoms with van der Waals surface area (Å²) in [4.78, 5) is 24.7. The van der Waals surface area contributed by atoms with Crippen LogP contribution in [0.3, 0.4) is 0 Å². The van der Waals surface area contributed by atoms with Crippen LogP contribution in [0.25, 0.3) is 11.3 Å². The molecule has 1 N–H and O–H groups in total. The fourth-order valence-corrected chi connectivity index (χ4v) is 3.05. The highest BCUT2D eigenvalue weighted by Crippen LogP contribution is 2.27. The first-order valence-electron chi connectivity index (χ1n) is 9.78. The van der Waals surface area contributed by atoms with Crippen molar-refractivity contribution in [3.63, 3.8) is 0 Å². The zero-order valence-electron chi connectivity index (χ0n) is 17.8. The van der Waals surface area contributed by atoms with E-state index in [0.29, 0.717) is 35.8 Å². The number of amides is 1. The Kier molecular flexibility index (Phi) is 7.26. The van der Waals surface area contributed by atoms with E-state index in [1.807, 2.05) is 24.3 Å². The molecule has 0 aliphatic rings. The Labute approximate surface area is 180 Å². The first kappa shape index (κ1) is 21.9. The molecule has 3 aromatic rings. The van der Waals surface area contributed by atoms with Crippen molar-refractivity contribution in [1.82, 2.24) is 9.78 Å². The summed E-state index contributed by atoms with van der Waals surface area (Å²) in [7, 11) is 4.66. The first-order valence-corrected chi connectivity index (χ1v) is 9.78. The molecule has 0 radical (unpaired) electrons. The Morgan fingerprint density at radius 1 is 0.968 bits per heavy atom. The number of nitrogens with zero attached hydrogens (tertiary/aromatic N) is 2. The van der Waals surface area contributed by atoms with Gasteiger partial charge in [0.05, 0.1) is 21.3 Å². The number of carbonyl (C=O) groups excluding carboxylic acids is 1. The van der Waals surface area contributed by atoms with Gasteiger partial charge in [-0.3, -0.25) is 9.59 Å². The molecule has 0 spiro atoms. The number of aromatic nitrogens is 2. The summed E-state index contributed by atoms with van der Waals surface area (Å²) in [5.41, 5.74) is 1.71. The average Bonchev–Trinajstić information content (AvgIpc) is 2.80. The van der Waals surface area contributed by atoms with Crippen LogP contribution in [0, 0.1) is 0 Å². The van der Waals surface area contributed by atoms with Crippen LogP contribution in [0.5, 0.6) is 17.2 Å². The summed E-state index contributed by atoms with van der Waals surface area (Å²) in [5.74, 6) is 1.63. The van der Waals surface area contributed by atoms with Gasteiger partial charge in [-0.1, -0.05) is 6.07 Å². The molecule has 0 atom stereocenters. The van der Waals surface area contributed by atoms with E-state index in [2.05, 4.69) is 10.4 Å². The van der Waals surface area contributed by atoms with Crippen molar-refractivity contribution in [3.8, 4) is 28.5 Å². The normalized spacial score (nSPS) is 10.4. The number of benzene rings is 2. The highest BCUT2D eigenvalue weighted by molar-refractivity contribution is 5.90. The van der Waals surface area contributed by atoms with E-state index in [1.165, 1.54) is 17.9 Å². The minimum absolute atomic E-state index is 0.148. The molecule has 0 saturated heterocycles. The third kappa shape index (κ3) is 5.63. The maximum atomic E-state index is 12.4. The molecular weight excluding hydrogens is 398 g/mol. The summed E-state index contributed by atoms with van der Waals surface area (Å²) < 4.78 is 17.0. The Hall–Kier alpha value is -3.81. The molecule has 1 heterocycles. The van der Waals surface area contributed by atoms with Gasteiger partial charge in [-0.05, 0) is 42.8 Å². The third-order valence-electron chi connectivity index (χ3n) is 4.67. The molecule has 1 amide bonds. The number of ether oxygens (including phenoxy) is 3. The number of methoxy groups -OCH3 is 3. The Morgan fingerprint density at radius 2 is 1.71 bits per heavy atom. The SMILES string of the molecule is COc1ccc(-c2nn(CCCC(=O)Nc3cccc(OC)c3)c(=O)cc2OC)cc1. The van der Waals surface area contributed by atoms with Gasteiger partial charge in [0, 0.05) is 36.3 Å². The van der Waals surface area contributed by atoms with Crippen LogP contribution in [0.2, 0.25) is 0 Å². The lowest BCUT2D eigenvalue weighted by Crippen LogP contribution is -2.24. The molecule has 2 aromatic carbocycles. The summed E-state index contributed by atoms with van der Waals surface area (Å²) in [5, 5.41) is 7.29. The molecule has 0 saturated carbocycles. The minimum Gasteiger partial charge on any atom is -0.497 e. The second-order valence-corrected chi connectivity index (χ2v) is 6.73. The molecule has 31 heavy (non-hydrogen) atoms. The summed E-state index contributed by atoms with van der Waals surface area (Å²) in [6.07, 6.45) is 0.701. The molecular formula is C23H25N3O5. The number of aryl methyl sites for hydroxylation is 1. The van der Waals surface area contributed by atoms with Crippen LogP contribution in [-0.4, -0.2) is 37.0 Å². The van der Waals surface area contributed by atoms with Crippen LogP contribution >= 0.6 is 0 Å². The standard InChI is InChI=1S/C23H25N3O5/c1-29-18-11-9-16(10-12-18)23-20(31-3)15-22(28)26(25-23)13-5-8-21(27)24-17-6-4-7-19(14-17)30-2/h4,6-7,9-12,14-15H,5,8,13H2,1-3H3,(H,24,27). The zero-order chi connectivity index (χ0) is 22.2. The Morgan fingerprint density at radius 3 is 2.39 bits per heavy atom. The topological polar surface area (TPSA) is 91.7 Å². The van der Waals surface area contributed by atoms with Crippen molar-refractivity contribution in [2.45, 2.75) is 19.4 Å². The largest absolute Gasteiger partial charge is 0.497 e. The second-order valence-electron chi connectivity index (χ2n) is 6.73. The first-order chi connectivity index (χ1) is 15.0. The van der Waals surface area contributed by atoms with Gasteiger partial charge in [0.15, 0.2) is 5.75 Å². The number of hydrogen-bond donors (Lipinski definition) is 1. The zero-order valence-corrected chi connectivity index (χ0v) is 17.8. The smallest absolute Gasteiger partial charge is 0.270 e. The number of nitrogens with one attached hydrogen (secondary N) is 1. The van der Waals surface area contributed by atoms with Gasteiger partial charge in [0.2, 0.25) is 5.91 Å². The fraction of sp³-hybridized carbons (Fsp3) is 0.261.